The minimum atomic E-state index is -3.77. The third kappa shape index (κ3) is 4.03. The Balaban J connectivity index is 0.00000225. The van der Waals surface area contributed by atoms with E-state index in [-0.39, 0.29) is 46.1 Å². The van der Waals surface area contributed by atoms with Crippen molar-refractivity contribution in [2.45, 2.75) is 56.0 Å². The summed E-state index contributed by atoms with van der Waals surface area (Å²) in [6.07, 6.45) is 4.85. The van der Waals surface area contributed by atoms with Crippen LogP contribution in [0.15, 0.2) is 10.3 Å². The Morgan fingerprint density at radius 2 is 1.92 bits per heavy atom. The second-order valence-electron chi connectivity index (χ2n) is 6.90. The molecule has 2 fully saturated rings. The number of aryl methyl sites for hydroxylation is 1. The first-order valence-corrected chi connectivity index (χ1v) is 10.6. The van der Waals surface area contributed by atoms with E-state index in [2.05, 4.69) is 4.72 Å². The molecule has 3 rings (SSSR count). The third-order valence-electron chi connectivity index (χ3n) is 5.23. The number of halogens is 1. The Morgan fingerprint density at radius 1 is 1.32 bits per heavy atom. The Labute approximate surface area is 159 Å². The predicted octanol–water partition coefficient (Wildman–Crippen LogP) is 2.45. The van der Waals surface area contributed by atoms with E-state index in [0.717, 1.165) is 43.4 Å². The molecule has 2 aliphatic carbocycles. The summed E-state index contributed by atoms with van der Waals surface area (Å²) in [4.78, 5) is 12.1. The van der Waals surface area contributed by atoms with Gasteiger partial charge in [-0.3, -0.25) is 0 Å². The van der Waals surface area contributed by atoms with Gasteiger partial charge >= 0.3 is 5.97 Å². The van der Waals surface area contributed by atoms with Crippen LogP contribution in [0.5, 0.6) is 0 Å². The monoisotopic (exact) mass is 408 g/mol. The number of fused-ring (bicyclic) bond motifs is 2. The fourth-order valence-electron chi connectivity index (χ4n) is 4.22. The molecule has 0 aromatic carbocycles. The van der Waals surface area contributed by atoms with Crippen LogP contribution < -0.4 is 10.5 Å². The number of rotatable bonds is 4. The van der Waals surface area contributed by atoms with Crippen LogP contribution in [-0.4, -0.2) is 33.6 Å². The van der Waals surface area contributed by atoms with Crippen molar-refractivity contribution in [3.05, 3.63) is 15.8 Å². The standard InChI is InChI=1S/C16H24N2O4S2.ClH/c1-9-8-23-14(16(19)22-2)15(9)24(20,21)18-13-10-4-3-5-11(13)7-12(17)6-10;/h8,10-13,18H,3-7,17H2,1-2H3;1H. The number of sulfonamides is 1. The number of hydrogen-bond donors (Lipinski definition) is 2. The van der Waals surface area contributed by atoms with Crippen molar-refractivity contribution in [3.63, 3.8) is 0 Å². The molecule has 6 nitrogen and oxygen atoms in total. The number of carbonyl (C=O) groups is 1. The zero-order valence-electron chi connectivity index (χ0n) is 14.4. The minimum Gasteiger partial charge on any atom is -0.465 e. The summed E-state index contributed by atoms with van der Waals surface area (Å²) < 4.78 is 33.6. The van der Waals surface area contributed by atoms with Gasteiger partial charge in [-0.1, -0.05) is 6.42 Å². The van der Waals surface area contributed by atoms with E-state index in [4.69, 9.17) is 10.5 Å². The summed E-state index contributed by atoms with van der Waals surface area (Å²) in [6.45, 7) is 1.70. The number of esters is 1. The first-order valence-electron chi connectivity index (χ1n) is 8.27. The highest BCUT2D eigenvalue weighted by Crippen LogP contribution is 2.40. The molecular weight excluding hydrogens is 384 g/mol. The molecule has 9 heteroatoms. The maximum Gasteiger partial charge on any atom is 0.349 e. The lowest BCUT2D eigenvalue weighted by molar-refractivity contribution is 0.0602. The van der Waals surface area contributed by atoms with Crippen LogP contribution in [0.1, 0.15) is 47.3 Å². The fraction of sp³-hybridized carbons (Fsp3) is 0.688. The quantitative estimate of drug-likeness (QED) is 0.745. The van der Waals surface area contributed by atoms with Gasteiger partial charge in [0, 0.05) is 12.1 Å². The van der Waals surface area contributed by atoms with Crippen LogP contribution in [-0.2, 0) is 14.8 Å². The number of nitrogens with one attached hydrogen (secondary N) is 1. The minimum absolute atomic E-state index is 0. The Hall–Kier alpha value is -0.670. The van der Waals surface area contributed by atoms with Gasteiger partial charge in [0.05, 0.1) is 7.11 Å². The molecule has 1 aromatic heterocycles. The van der Waals surface area contributed by atoms with Crippen molar-refractivity contribution in [2.24, 2.45) is 17.6 Å². The van der Waals surface area contributed by atoms with Crippen LogP contribution in [0.2, 0.25) is 0 Å². The van der Waals surface area contributed by atoms with E-state index < -0.39 is 16.0 Å². The molecule has 2 saturated carbocycles. The highest BCUT2D eigenvalue weighted by molar-refractivity contribution is 7.89. The van der Waals surface area contributed by atoms with E-state index in [0.29, 0.717) is 5.56 Å². The zero-order chi connectivity index (χ0) is 17.5. The molecule has 2 bridgehead atoms. The van der Waals surface area contributed by atoms with Gasteiger partial charge in [0.1, 0.15) is 9.77 Å². The van der Waals surface area contributed by atoms with E-state index in [1.807, 2.05) is 0 Å². The maximum atomic E-state index is 13.0. The summed E-state index contributed by atoms with van der Waals surface area (Å²) in [5, 5.41) is 1.68. The van der Waals surface area contributed by atoms with Crippen LogP contribution in [0, 0.1) is 18.8 Å². The van der Waals surface area contributed by atoms with E-state index in [1.54, 1.807) is 12.3 Å². The number of nitrogens with two attached hydrogens (primary N) is 1. The maximum absolute atomic E-state index is 13.0. The van der Waals surface area contributed by atoms with Gasteiger partial charge in [-0.15, -0.1) is 23.7 Å². The van der Waals surface area contributed by atoms with E-state index >= 15 is 0 Å². The van der Waals surface area contributed by atoms with Gasteiger partial charge in [-0.25, -0.2) is 17.9 Å². The number of thiophene rings is 1. The highest BCUT2D eigenvalue weighted by Gasteiger charge is 2.42. The lowest BCUT2D eigenvalue weighted by Gasteiger charge is -2.45. The summed E-state index contributed by atoms with van der Waals surface area (Å²) >= 11 is 1.11. The van der Waals surface area contributed by atoms with E-state index in [9.17, 15) is 13.2 Å². The lowest BCUT2D eigenvalue weighted by Crippen LogP contribution is -2.53. The predicted molar refractivity (Wildman–Crippen MR) is 99.8 cm³/mol. The van der Waals surface area contributed by atoms with Crippen molar-refractivity contribution >= 4 is 39.7 Å². The average Bonchev–Trinajstić information content (AvgIpc) is 2.90. The summed E-state index contributed by atoms with van der Waals surface area (Å²) in [5.74, 6) is -0.0510. The molecule has 1 aromatic rings. The molecule has 25 heavy (non-hydrogen) atoms. The van der Waals surface area contributed by atoms with Crippen molar-refractivity contribution in [1.82, 2.24) is 4.72 Å². The Morgan fingerprint density at radius 3 is 2.48 bits per heavy atom. The second-order valence-corrected chi connectivity index (χ2v) is 9.43. The topological polar surface area (TPSA) is 98.5 Å². The molecule has 0 radical (unpaired) electrons. The van der Waals surface area contributed by atoms with Gasteiger partial charge < -0.3 is 10.5 Å². The molecule has 0 saturated heterocycles. The van der Waals surface area contributed by atoms with Crippen molar-refractivity contribution in [3.8, 4) is 0 Å². The van der Waals surface area contributed by atoms with Gasteiger partial charge in [0.15, 0.2) is 0 Å². The normalized spacial score (nSPS) is 28.9. The number of carbonyl (C=O) groups excluding carboxylic acids is 1. The molecule has 2 atom stereocenters. The fourth-order valence-corrected chi connectivity index (χ4v) is 7.30. The Bertz CT molecular complexity index is 720. The Kier molecular flexibility index (Phi) is 6.54. The molecular formula is C16H25ClN2O4S2. The van der Waals surface area contributed by atoms with Crippen LogP contribution in [0.3, 0.4) is 0 Å². The van der Waals surface area contributed by atoms with Crippen LogP contribution in [0.25, 0.3) is 0 Å². The molecule has 0 aliphatic heterocycles. The van der Waals surface area contributed by atoms with Crippen molar-refractivity contribution in [1.29, 1.82) is 0 Å². The number of methoxy groups -OCH3 is 1. The SMILES string of the molecule is COC(=O)c1scc(C)c1S(=O)(=O)NC1C2CCCC1CC(N)C2.Cl. The molecule has 0 spiro atoms. The molecule has 142 valence electrons. The first-order chi connectivity index (χ1) is 11.3. The van der Waals surface area contributed by atoms with Crippen molar-refractivity contribution in [2.75, 3.05) is 7.11 Å². The zero-order valence-corrected chi connectivity index (χ0v) is 16.8. The highest BCUT2D eigenvalue weighted by atomic mass is 35.5. The van der Waals surface area contributed by atoms with Crippen LogP contribution in [0.4, 0.5) is 0 Å². The lowest BCUT2D eigenvalue weighted by atomic mass is 9.67. The first kappa shape index (κ1) is 20.6. The summed E-state index contributed by atoms with van der Waals surface area (Å²) in [5.41, 5.74) is 6.69. The smallest absolute Gasteiger partial charge is 0.349 e. The largest absolute Gasteiger partial charge is 0.465 e. The van der Waals surface area contributed by atoms with Crippen LogP contribution >= 0.6 is 23.7 Å². The van der Waals surface area contributed by atoms with Gasteiger partial charge in [0.25, 0.3) is 0 Å². The van der Waals surface area contributed by atoms with Gasteiger partial charge in [-0.2, -0.15) is 0 Å². The summed E-state index contributed by atoms with van der Waals surface area (Å²) in [6, 6.07) is 0.0721. The molecule has 1 heterocycles. The van der Waals surface area contributed by atoms with E-state index in [1.165, 1.54) is 7.11 Å². The average molecular weight is 409 g/mol. The van der Waals surface area contributed by atoms with Gasteiger partial charge in [0.2, 0.25) is 10.0 Å². The number of ether oxygens (including phenoxy) is 1. The van der Waals surface area contributed by atoms with Crippen molar-refractivity contribution < 1.29 is 17.9 Å². The molecule has 2 unspecified atom stereocenters. The summed E-state index contributed by atoms with van der Waals surface area (Å²) in [7, 11) is -2.52. The number of hydrogen-bond acceptors (Lipinski definition) is 6. The third-order valence-corrected chi connectivity index (χ3v) is 8.08. The molecule has 2 aliphatic rings. The van der Waals surface area contributed by atoms with Gasteiger partial charge in [-0.05, 0) is 55.4 Å². The second kappa shape index (κ2) is 7.92. The molecule has 0 amide bonds. The molecule has 3 N–H and O–H groups in total.